The van der Waals surface area contributed by atoms with E-state index in [2.05, 4.69) is 10.3 Å². The molecule has 0 aliphatic carbocycles. The summed E-state index contributed by atoms with van der Waals surface area (Å²) in [6.07, 6.45) is -3.60. The summed E-state index contributed by atoms with van der Waals surface area (Å²) in [7, 11) is 1.55. The summed E-state index contributed by atoms with van der Waals surface area (Å²) in [6, 6.07) is 0. The molecule has 1 rings (SSSR count). The lowest BCUT2D eigenvalue weighted by Crippen LogP contribution is -2.34. The number of aromatic nitrogens is 1. The van der Waals surface area contributed by atoms with Gasteiger partial charge in [0.05, 0.1) is 12.3 Å². The third-order valence-electron chi connectivity index (χ3n) is 2.72. The van der Waals surface area contributed by atoms with Gasteiger partial charge in [-0.05, 0) is 13.0 Å². The molecule has 0 aliphatic rings. The fourth-order valence-electron chi connectivity index (χ4n) is 1.86. The van der Waals surface area contributed by atoms with Crippen LogP contribution in [0.2, 0.25) is 0 Å². The van der Waals surface area contributed by atoms with E-state index in [0.29, 0.717) is 36.9 Å². The zero-order chi connectivity index (χ0) is 15.9. The molecule has 1 aromatic rings. The van der Waals surface area contributed by atoms with E-state index in [-0.39, 0.29) is 0 Å². The van der Waals surface area contributed by atoms with Crippen LogP contribution in [0.5, 0.6) is 0 Å². The van der Waals surface area contributed by atoms with Gasteiger partial charge >= 0.3 is 6.18 Å². The van der Waals surface area contributed by atoms with Gasteiger partial charge in [-0.3, -0.25) is 0 Å². The van der Waals surface area contributed by atoms with Crippen molar-refractivity contribution in [2.75, 3.05) is 31.6 Å². The van der Waals surface area contributed by atoms with Gasteiger partial charge in [-0.15, -0.1) is 11.3 Å². The molecule has 4 nitrogen and oxygen atoms in total. The van der Waals surface area contributed by atoms with Gasteiger partial charge in [-0.25, -0.2) is 4.98 Å². The lowest BCUT2D eigenvalue weighted by Gasteiger charge is -2.22. The Morgan fingerprint density at radius 1 is 1.33 bits per heavy atom. The molecule has 8 heteroatoms. The zero-order valence-electron chi connectivity index (χ0n) is 12.6. The van der Waals surface area contributed by atoms with E-state index in [4.69, 9.17) is 4.74 Å². The van der Waals surface area contributed by atoms with E-state index in [9.17, 15) is 13.2 Å². The molecule has 0 saturated carbocycles. The fraction of sp³-hybridized carbons (Fsp3) is 0.769. The molecule has 0 atom stereocenters. The van der Waals surface area contributed by atoms with Crippen LogP contribution in [0.1, 0.15) is 30.8 Å². The van der Waals surface area contributed by atoms with Gasteiger partial charge in [0.1, 0.15) is 6.54 Å². The van der Waals surface area contributed by atoms with Gasteiger partial charge in [-0.1, -0.05) is 13.8 Å². The molecule has 0 saturated heterocycles. The number of thiazole rings is 1. The van der Waals surface area contributed by atoms with Crippen molar-refractivity contribution >= 4 is 16.5 Å². The molecule has 0 radical (unpaired) electrons. The van der Waals surface area contributed by atoms with Crippen LogP contribution in [0.4, 0.5) is 18.3 Å². The summed E-state index contributed by atoms with van der Waals surface area (Å²) in [5.74, 6) is 0. The monoisotopic (exact) mass is 325 g/mol. The summed E-state index contributed by atoms with van der Waals surface area (Å²) in [5, 5.41) is 3.58. The predicted molar refractivity (Wildman–Crippen MR) is 78.8 cm³/mol. The lowest BCUT2D eigenvalue weighted by atomic mass is 10.3. The van der Waals surface area contributed by atoms with Crippen molar-refractivity contribution in [3.8, 4) is 0 Å². The van der Waals surface area contributed by atoms with Crippen molar-refractivity contribution in [3.05, 3.63) is 10.6 Å². The lowest BCUT2D eigenvalue weighted by molar-refractivity contribution is -0.119. The second kappa shape index (κ2) is 8.55. The minimum atomic E-state index is -4.23. The molecule has 1 heterocycles. The van der Waals surface area contributed by atoms with E-state index in [1.807, 2.05) is 13.8 Å². The van der Waals surface area contributed by atoms with Crippen LogP contribution >= 0.6 is 11.3 Å². The first kappa shape index (κ1) is 18.2. The summed E-state index contributed by atoms with van der Waals surface area (Å²) in [5.41, 5.74) is 0.710. The maximum Gasteiger partial charge on any atom is 0.406 e. The average Bonchev–Trinajstić information content (AvgIpc) is 2.78. The number of nitrogens with one attached hydrogen (secondary N) is 1. The van der Waals surface area contributed by atoms with E-state index in [1.165, 1.54) is 16.2 Å². The molecule has 0 amide bonds. The highest BCUT2D eigenvalue weighted by molar-refractivity contribution is 7.15. The smallest absolute Gasteiger partial charge is 0.378 e. The highest BCUT2D eigenvalue weighted by Gasteiger charge is 2.32. The van der Waals surface area contributed by atoms with Crippen LogP contribution in [0.25, 0.3) is 0 Å². The maximum absolute atomic E-state index is 12.7. The molecule has 21 heavy (non-hydrogen) atoms. The van der Waals surface area contributed by atoms with Gasteiger partial charge in [0.15, 0.2) is 5.13 Å². The number of hydrogen-bond donors (Lipinski definition) is 1. The predicted octanol–water partition coefficient (Wildman–Crippen LogP) is 3.18. The highest BCUT2D eigenvalue weighted by atomic mass is 32.1. The van der Waals surface area contributed by atoms with Crippen LogP contribution in [-0.4, -0.2) is 37.9 Å². The third kappa shape index (κ3) is 6.19. The molecule has 0 fully saturated rings. The van der Waals surface area contributed by atoms with Crippen LogP contribution in [0, 0.1) is 0 Å². The largest absolute Gasteiger partial charge is 0.406 e. The Kier molecular flexibility index (Phi) is 7.41. The van der Waals surface area contributed by atoms with Crippen LogP contribution < -0.4 is 10.2 Å². The second-order valence-electron chi connectivity index (χ2n) is 4.62. The molecular formula is C13H22F3N3OS. The van der Waals surface area contributed by atoms with E-state index >= 15 is 0 Å². The second-order valence-corrected chi connectivity index (χ2v) is 5.68. The van der Waals surface area contributed by atoms with Crippen molar-refractivity contribution in [1.29, 1.82) is 0 Å². The van der Waals surface area contributed by atoms with Gasteiger partial charge in [-0.2, -0.15) is 13.2 Å². The topological polar surface area (TPSA) is 37.4 Å². The molecule has 0 unspecified atom stereocenters. The number of halogens is 3. The number of methoxy groups -OCH3 is 1. The van der Waals surface area contributed by atoms with Crippen LogP contribution in [-0.2, 0) is 17.9 Å². The Morgan fingerprint density at radius 2 is 2.05 bits per heavy atom. The number of anilines is 1. The summed E-state index contributed by atoms with van der Waals surface area (Å²) >= 11 is 1.30. The molecular weight excluding hydrogens is 303 g/mol. The quantitative estimate of drug-likeness (QED) is 0.757. The average molecular weight is 325 g/mol. The summed E-state index contributed by atoms with van der Waals surface area (Å²) < 4.78 is 43.1. The van der Waals surface area contributed by atoms with E-state index in [0.717, 1.165) is 11.4 Å². The van der Waals surface area contributed by atoms with Gasteiger partial charge in [0, 0.05) is 25.1 Å². The highest BCUT2D eigenvalue weighted by Crippen LogP contribution is 2.29. The van der Waals surface area contributed by atoms with Crippen molar-refractivity contribution < 1.29 is 17.9 Å². The number of nitrogens with zero attached hydrogens (tertiary/aromatic N) is 2. The fourth-order valence-corrected chi connectivity index (χ4v) is 2.92. The Morgan fingerprint density at radius 3 is 2.57 bits per heavy atom. The summed E-state index contributed by atoms with van der Waals surface area (Å²) in [6.45, 7) is 4.89. The molecule has 0 bridgehead atoms. The number of alkyl halides is 3. The normalized spacial score (nSPS) is 11.9. The molecule has 1 aromatic heterocycles. The van der Waals surface area contributed by atoms with E-state index in [1.54, 1.807) is 7.11 Å². The molecule has 0 spiro atoms. The van der Waals surface area contributed by atoms with Crippen LogP contribution in [0.15, 0.2) is 0 Å². The maximum atomic E-state index is 12.7. The molecule has 1 N–H and O–H groups in total. The Hall–Kier alpha value is -0.860. The van der Waals surface area contributed by atoms with Gasteiger partial charge < -0.3 is 15.0 Å². The standard InChI is InChI=1S/C13H22F3N3OS/c1-4-6-19(9-13(14,15)16)12-18-10(8-20-3)11(21-12)7-17-5-2/h17H,4-9H2,1-3H3. The minimum absolute atomic E-state index is 0.309. The molecule has 0 aliphatic heterocycles. The van der Waals surface area contributed by atoms with Gasteiger partial charge in [0.25, 0.3) is 0 Å². The van der Waals surface area contributed by atoms with Crippen molar-refractivity contribution in [1.82, 2.24) is 10.3 Å². The first-order valence-electron chi connectivity index (χ1n) is 6.91. The van der Waals surface area contributed by atoms with Crippen molar-refractivity contribution in [3.63, 3.8) is 0 Å². The molecule has 122 valence electrons. The van der Waals surface area contributed by atoms with E-state index < -0.39 is 12.7 Å². The van der Waals surface area contributed by atoms with Crippen LogP contribution in [0.3, 0.4) is 0 Å². The Labute approximate surface area is 127 Å². The van der Waals surface area contributed by atoms with Crippen molar-refractivity contribution in [2.24, 2.45) is 0 Å². The first-order chi connectivity index (χ1) is 9.91. The third-order valence-corrected chi connectivity index (χ3v) is 3.88. The summed E-state index contributed by atoms with van der Waals surface area (Å²) in [4.78, 5) is 6.55. The van der Waals surface area contributed by atoms with Gasteiger partial charge in [0.2, 0.25) is 0 Å². The zero-order valence-corrected chi connectivity index (χ0v) is 13.4. The number of ether oxygens (including phenoxy) is 1. The Balaban J connectivity index is 2.95. The van der Waals surface area contributed by atoms with Crippen molar-refractivity contribution in [2.45, 2.75) is 39.6 Å². The Bertz CT molecular complexity index is 423. The number of rotatable bonds is 9. The number of hydrogen-bond acceptors (Lipinski definition) is 5. The first-order valence-corrected chi connectivity index (χ1v) is 7.72. The molecule has 0 aromatic carbocycles. The minimum Gasteiger partial charge on any atom is -0.378 e. The SMILES string of the molecule is CCCN(CC(F)(F)F)c1nc(COC)c(CNCC)s1.